The zero-order chi connectivity index (χ0) is 15.9. The van der Waals surface area contributed by atoms with Crippen LogP contribution in [-0.2, 0) is 11.3 Å². The lowest BCUT2D eigenvalue weighted by Gasteiger charge is -2.31. The quantitative estimate of drug-likeness (QED) is 0.855. The van der Waals surface area contributed by atoms with Crippen molar-refractivity contribution in [2.24, 2.45) is 5.92 Å². The number of piperidine rings is 1. The lowest BCUT2D eigenvalue weighted by atomic mass is 9.90. The van der Waals surface area contributed by atoms with E-state index in [9.17, 15) is 5.11 Å². The number of hydrogen-bond acceptors (Lipinski definition) is 5. The van der Waals surface area contributed by atoms with E-state index in [1.165, 1.54) is 0 Å². The standard InChI is InChI=1S/C18H23N3O2/c22-18(16-4-2-6-20-11-16)8-15-7-17(12-21-10-15)23-13-14-3-1-5-19-9-14/h1-6,9,11,15,17-18,21-22H,7-8,10,12-13H2/t15-,17+,18-/m1/s1. The van der Waals surface area contributed by atoms with Crippen molar-refractivity contribution in [3.05, 3.63) is 60.2 Å². The van der Waals surface area contributed by atoms with Gasteiger partial charge in [0, 0.05) is 31.3 Å². The van der Waals surface area contributed by atoms with Crippen LogP contribution in [0.2, 0.25) is 0 Å². The van der Waals surface area contributed by atoms with Crippen LogP contribution in [0.25, 0.3) is 0 Å². The molecule has 0 bridgehead atoms. The second-order valence-electron chi connectivity index (χ2n) is 6.09. The number of aliphatic hydroxyl groups is 1. The van der Waals surface area contributed by atoms with Gasteiger partial charge in [-0.05, 0) is 48.6 Å². The lowest BCUT2D eigenvalue weighted by molar-refractivity contribution is 0.00317. The predicted octanol–water partition coefficient (Wildman–Crippen LogP) is 2.09. The number of ether oxygens (including phenoxy) is 1. The van der Waals surface area contributed by atoms with Gasteiger partial charge in [-0.3, -0.25) is 9.97 Å². The molecule has 2 aromatic rings. The van der Waals surface area contributed by atoms with Gasteiger partial charge in [-0.15, -0.1) is 0 Å². The molecule has 0 saturated carbocycles. The molecule has 0 amide bonds. The highest BCUT2D eigenvalue weighted by Gasteiger charge is 2.24. The molecule has 0 aliphatic carbocycles. The molecule has 2 N–H and O–H groups in total. The smallest absolute Gasteiger partial charge is 0.0808 e. The van der Waals surface area contributed by atoms with E-state index in [2.05, 4.69) is 15.3 Å². The molecule has 3 rings (SSSR count). The van der Waals surface area contributed by atoms with Crippen LogP contribution in [-0.4, -0.2) is 34.3 Å². The SMILES string of the molecule is O[C@H](C[C@@H]1CNC[C@@H](OCc2cccnc2)C1)c1cccnc1. The zero-order valence-corrected chi connectivity index (χ0v) is 13.1. The molecule has 1 fully saturated rings. The average Bonchev–Trinajstić information content (AvgIpc) is 2.62. The number of nitrogens with zero attached hydrogens (tertiary/aromatic N) is 2. The zero-order valence-electron chi connectivity index (χ0n) is 13.1. The molecule has 1 saturated heterocycles. The van der Waals surface area contributed by atoms with Crippen molar-refractivity contribution in [1.29, 1.82) is 0 Å². The summed E-state index contributed by atoms with van der Waals surface area (Å²) < 4.78 is 5.99. The Morgan fingerprint density at radius 2 is 2.00 bits per heavy atom. The van der Waals surface area contributed by atoms with Crippen molar-refractivity contribution in [3.8, 4) is 0 Å². The van der Waals surface area contributed by atoms with Crippen LogP contribution in [0.15, 0.2) is 49.1 Å². The maximum absolute atomic E-state index is 10.4. The molecule has 5 heteroatoms. The Kier molecular flexibility index (Phi) is 5.69. The van der Waals surface area contributed by atoms with Crippen LogP contribution >= 0.6 is 0 Å². The molecular formula is C18H23N3O2. The molecular weight excluding hydrogens is 290 g/mol. The molecule has 0 unspecified atom stereocenters. The minimum Gasteiger partial charge on any atom is -0.388 e. The summed E-state index contributed by atoms with van der Waals surface area (Å²) in [4.78, 5) is 8.17. The number of hydrogen-bond donors (Lipinski definition) is 2. The summed E-state index contributed by atoms with van der Waals surface area (Å²) in [6.07, 6.45) is 8.46. The van der Waals surface area contributed by atoms with Gasteiger partial charge < -0.3 is 15.2 Å². The van der Waals surface area contributed by atoms with Crippen molar-refractivity contribution in [2.45, 2.75) is 31.7 Å². The molecule has 2 aromatic heterocycles. The third-order valence-electron chi connectivity index (χ3n) is 4.24. The van der Waals surface area contributed by atoms with Gasteiger partial charge in [0.25, 0.3) is 0 Å². The van der Waals surface area contributed by atoms with E-state index in [1.54, 1.807) is 18.6 Å². The minimum atomic E-state index is -0.465. The molecule has 3 atom stereocenters. The first-order valence-corrected chi connectivity index (χ1v) is 8.10. The fourth-order valence-corrected chi connectivity index (χ4v) is 3.02. The van der Waals surface area contributed by atoms with Gasteiger partial charge in [0.05, 0.1) is 18.8 Å². The molecule has 0 aromatic carbocycles. The highest BCUT2D eigenvalue weighted by molar-refractivity contribution is 5.12. The molecule has 3 heterocycles. The Morgan fingerprint density at radius 1 is 1.17 bits per heavy atom. The van der Waals surface area contributed by atoms with Gasteiger partial charge in [-0.25, -0.2) is 0 Å². The molecule has 0 spiro atoms. The van der Waals surface area contributed by atoms with Crippen molar-refractivity contribution in [1.82, 2.24) is 15.3 Å². The van der Waals surface area contributed by atoms with Gasteiger partial charge in [0.2, 0.25) is 0 Å². The van der Waals surface area contributed by atoms with E-state index in [1.807, 2.05) is 30.5 Å². The Bertz CT molecular complexity index is 579. The van der Waals surface area contributed by atoms with Gasteiger partial charge in [0.1, 0.15) is 0 Å². The molecule has 1 aliphatic rings. The summed E-state index contributed by atoms with van der Waals surface area (Å²) in [5.41, 5.74) is 1.97. The Morgan fingerprint density at radius 3 is 2.74 bits per heavy atom. The molecule has 1 aliphatic heterocycles. The van der Waals surface area contributed by atoms with Crippen molar-refractivity contribution in [2.75, 3.05) is 13.1 Å². The highest BCUT2D eigenvalue weighted by atomic mass is 16.5. The Hall–Kier alpha value is -1.82. The maximum Gasteiger partial charge on any atom is 0.0808 e. The number of pyridine rings is 2. The molecule has 5 nitrogen and oxygen atoms in total. The topological polar surface area (TPSA) is 67.3 Å². The summed E-state index contributed by atoms with van der Waals surface area (Å²) in [5, 5.41) is 13.8. The monoisotopic (exact) mass is 313 g/mol. The number of aliphatic hydroxyl groups excluding tert-OH is 1. The minimum absolute atomic E-state index is 0.176. The van der Waals surface area contributed by atoms with Crippen LogP contribution in [0.3, 0.4) is 0 Å². The average molecular weight is 313 g/mol. The first kappa shape index (κ1) is 16.1. The summed E-state index contributed by atoms with van der Waals surface area (Å²) in [6, 6.07) is 7.72. The molecule has 23 heavy (non-hydrogen) atoms. The normalized spacial score (nSPS) is 22.7. The van der Waals surface area contributed by atoms with Gasteiger partial charge in [-0.1, -0.05) is 12.1 Å². The number of rotatable bonds is 6. The van der Waals surface area contributed by atoms with Gasteiger partial charge >= 0.3 is 0 Å². The van der Waals surface area contributed by atoms with E-state index in [-0.39, 0.29) is 6.10 Å². The fraction of sp³-hybridized carbons (Fsp3) is 0.444. The Balaban J connectivity index is 1.48. The molecule has 122 valence electrons. The van der Waals surface area contributed by atoms with Gasteiger partial charge in [-0.2, -0.15) is 0 Å². The van der Waals surface area contributed by atoms with E-state index >= 15 is 0 Å². The predicted molar refractivity (Wildman–Crippen MR) is 87.6 cm³/mol. The summed E-state index contributed by atoms with van der Waals surface area (Å²) in [5.74, 6) is 0.401. The van der Waals surface area contributed by atoms with Crippen LogP contribution in [0.1, 0.15) is 30.1 Å². The summed E-state index contributed by atoms with van der Waals surface area (Å²) in [6.45, 7) is 2.36. The lowest BCUT2D eigenvalue weighted by Crippen LogP contribution is -2.41. The van der Waals surface area contributed by atoms with E-state index in [0.717, 1.165) is 37.1 Å². The highest BCUT2D eigenvalue weighted by Crippen LogP contribution is 2.26. The van der Waals surface area contributed by atoms with Crippen LogP contribution in [0, 0.1) is 5.92 Å². The fourth-order valence-electron chi connectivity index (χ4n) is 3.02. The van der Waals surface area contributed by atoms with E-state index < -0.39 is 6.10 Å². The summed E-state index contributed by atoms with van der Waals surface area (Å²) >= 11 is 0. The second-order valence-corrected chi connectivity index (χ2v) is 6.09. The Labute approximate surface area is 136 Å². The largest absolute Gasteiger partial charge is 0.388 e. The summed E-state index contributed by atoms with van der Waals surface area (Å²) in [7, 11) is 0. The third kappa shape index (κ3) is 4.82. The third-order valence-corrected chi connectivity index (χ3v) is 4.24. The molecule has 0 radical (unpaired) electrons. The van der Waals surface area contributed by atoms with Crippen molar-refractivity contribution < 1.29 is 9.84 Å². The number of nitrogens with one attached hydrogen (secondary N) is 1. The van der Waals surface area contributed by atoms with Crippen molar-refractivity contribution >= 4 is 0 Å². The van der Waals surface area contributed by atoms with Crippen LogP contribution in [0.4, 0.5) is 0 Å². The first-order chi connectivity index (χ1) is 11.3. The van der Waals surface area contributed by atoms with Gasteiger partial charge in [0.15, 0.2) is 0 Å². The van der Waals surface area contributed by atoms with E-state index in [0.29, 0.717) is 12.5 Å². The first-order valence-electron chi connectivity index (χ1n) is 8.10. The van der Waals surface area contributed by atoms with Crippen molar-refractivity contribution in [3.63, 3.8) is 0 Å². The van der Waals surface area contributed by atoms with E-state index in [4.69, 9.17) is 4.74 Å². The van der Waals surface area contributed by atoms with Crippen LogP contribution in [0.5, 0.6) is 0 Å². The maximum atomic E-state index is 10.4. The number of aromatic nitrogens is 2. The van der Waals surface area contributed by atoms with Crippen LogP contribution < -0.4 is 5.32 Å². The second kappa shape index (κ2) is 8.15.